The Hall–Kier alpha value is -2.15. The van der Waals surface area contributed by atoms with Crippen molar-refractivity contribution in [1.29, 1.82) is 0 Å². The quantitative estimate of drug-likeness (QED) is 0.634. The van der Waals surface area contributed by atoms with Gasteiger partial charge in [-0.05, 0) is 38.1 Å². The van der Waals surface area contributed by atoms with E-state index >= 15 is 0 Å². The summed E-state index contributed by atoms with van der Waals surface area (Å²) in [6.45, 7) is 5.01. The van der Waals surface area contributed by atoms with Crippen LogP contribution in [-0.2, 0) is 0 Å². The third kappa shape index (κ3) is 3.69. The number of carbonyl (C=O) groups is 1. The summed E-state index contributed by atoms with van der Waals surface area (Å²) in [5, 5.41) is 14.4. The summed E-state index contributed by atoms with van der Waals surface area (Å²) in [5.41, 5.74) is 5.64. The zero-order valence-corrected chi connectivity index (χ0v) is 12.0. The van der Waals surface area contributed by atoms with Crippen molar-refractivity contribution < 1.29 is 9.72 Å². The van der Waals surface area contributed by atoms with Crippen LogP contribution < -0.4 is 11.1 Å². The van der Waals surface area contributed by atoms with Crippen LogP contribution in [0.1, 0.15) is 30.1 Å². The number of carbonyl (C=O) groups excluding carboxylic acids is 1. The molecule has 7 nitrogen and oxygen atoms in total. The number of piperidine rings is 1. The lowest BCUT2D eigenvalue weighted by atomic mass is 10.0. The highest BCUT2D eigenvalue weighted by Crippen LogP contribution is 2.27. The zero-order valence-electron chi connectivity index (χ0n) is 12.0. The molecule has 7 heteroatoms. The first-order chi connectivity index (χ1) is 10.0. The van der Waals surface area contributed by atoms with Crippen LogP contribution in [0, 0.1) is 10.1 Å². The highest BCUT2D eigenvalue weighted by molar-refractivity contribution is 5.94. The van der Waals surface area contributed by atoms with E-state index in [0.29, 0.717) is 5.69 Å². The molecule has 21 heavy (non-hydrogen) atoms. The van der Waals surface area contributed by atoms with Gasteiger partial charge in [-0.3, -0.25) is 14.9 Å². The number of benzene rings is 1. The molecule has 0 spiro atoms. The van der Waals surface area contributed by atoms with Crippen molar-refractivity contribution in [3.8, 4) is 0 Å². The first-order valence-electron chi connectivity index (χ1n) is 7.08. The lowest BCUT2D eigenvalue weighted by Crippen LogP contribution is -2.41. The van der Waals surface area contributed by atoms with E-state index in [1.54, 1.807) is 6.07 Å². The number of amides is 1. The van der Waals surface area contributed by atoms with Crippen LogP contribution in [-0.4, -0.2) is 41.4 Å². The van der Waals surface area contributed by atoms with Crippen LogP contribution in [0.4, 0.5) is 11.4 Å². The summed E-state index contributed by atoms with van der Waals surface area (Å²) in [7, 11) is 0. The van der Waals surface area contributed by atoms with Crippen molar-refractivity contribution >= 4 is 17.3 Å². The van der Waals surface area contributed by atoms with Crippen molar-refractivity contribution in [3.63, 3.8) is 0 Å². The Kier molecular flexibility index (Phi) is 4.74. The smallest absolute Gasteiger partial charge is 0.293 e. The third-order valence-electron chi connectivity index (χ3n) is 3.79. The monoisotopic (exact) mass is 292 g/mol. The second-order valence-corrected chi connectivity index (χ2v) is 5.23. The van der Waals surface area contributed by atoms with Crippen LogP contribution in [0.15, 0.2) is 18.2 Å². The molecule has 1 amide bonds. The average molecular weight is 292 g/mol. The molecule has 1 unspecified atom stereocenters. The summed E-state index contributed by atoms with van der Waals surface area (Å²) >= 11 is 0. The molecule has 114 valence electrons. The molecule has 1 atom stereocenters. The number of hydrogen-bond acceptors (Lipinski definition) is 5. The molecule has 1 saturated heterocycles. The number of likely N-dealkylation sites (N-methyl/N-ethyl adjacent to an activating group) is 1. The van der Waals surface area contributed by atoms with Gasteiger partial charge < -0.3 is 16.0 Å². The minimum atomic E-state index is -0.667. The number of hydrogen-bond donors (Lipinski definition) is 2. The van der Waals surface area contributed by atoms with Crippen molar-refractivity contribution in [2.24, 2.45) is 5.73 Å². The molecule has 0 aromatic heterocycles. The third-order valence-corrected chi connectivity index (χ3v) is 3.79. The van der Waals surface area contributed by atoms with Gasteiger partial charge in [0.2, 0.25) is 5.91 Å². The fourth-order valence-corrected chi connectivity index (χ4v) is 2.64. The number of likely N-dealkylation sites (tertiary alicyclic amines) is 1. The van der Waals surface area contributed by atoms with E-state index in [9.17, 15) is 14.9 Å². The van der Waals surface area contributed by atoms with Gasteiger partial charge in [0.15, 0.2) is 0 Å². The fourth-order valence-electron chi connectivity index (χ4n) is 2.64. The first-order valence-corrected chi connectivity index (χ1v) is 7.08. The highest BCUT2D eigenvalue weighted by atomic mass is 16.6. The van der Waals surface area contributed by atoms with Crippen LogP contribution in [0.3, 0.4) is 0 Å². The van der Waals surface area contributed by atoms with E-state index in [1.807, 2.05) is 0 Å². The molecule has 0 aliphatic carbocycles. The largest absolute Gasteiger partial charge is 0.375 e. The number of anilines is 1. The van der Waals surface area contributed by atoms with Crippen molar-refractivity contribution in [1.82, 2.24) is 4.90 Å². The SMILES string of the molecule is CCN1CCCC(Nc2ccc(C(N)=O)cc2[N+](=O)[O-])C1. The van der Waals surface area contributed by atoms with Crippen molar-refractivity contribution in [2.45, 2.75) is 25.8 Å². The van der Waals surface area contributed by atoms with Crippen LogP contribution in [0.2, 0.25) is 0 Å². The van der Waals surface area contributed by atoms with Gasteiger partial charge in [-0.15, -0.1) is 0 Å². The normalized spacial score (nSPS) is 19.2. The number of nitrogens with one attached hydrogen (secondary N) is 1. The van der Waals surface area contributed by atoms with E-state index in [4.69, 9.17) is 5.73 Å². The van der Waals surface area contributed by atoms with Gasteiger partial charge in [0.05, 0.1) is 4.92 Å². The minimum absolute atomic E-state index is 0.111. The van der Waals surface area contributed by atoms with Gasteiger partial charge in [-0.1, -0.05) is 6.92 Å². The molecule has 0 bridgehead atoms. The summed E-state index contributed by atoms with van der Waals surface area (Å²) in [6, 6.07) is 4.48. The van der Waals surface area contributed by atoms with Crippen LogP contribution in [0.25, 0.3) is 0 Å². The van der Waals surface area contributed by atoms with Crippen molar-refractivity contribution in [3.05, 3.63) is 33.9 Å². The van der Waals surface area contributed by atoms with E-state index in [2.05, 4.69) is 17.1 Å². The van der Waals surface area contributed by atoms with Gasteiger partial charge in [-0.25, -0.2) is 0 Å². The maximum absolute atomic E-state index is 11.2. The Morgan fingerprint density at radius 3 is 2.95 bits per heavy atom. The second-order valence-electron chi connectivity index (χ2n) is 5.23. The summed E-state index contributed by atoms with van der Waals surface area (Å²) in [6.07, 6.45) is 2.05. The Morgan fingerprint density at radius 2 is 2.33 bits per heavy atom. The second kappa shape index (κ2) is 6.53. The molecule has 0 saturated carbocycles. The van der Waals surface area contributed by atoms with Gasteiger partial charge in [0, 0.05) is 24.2 Å². The zero-order chi connectivity index (χ0) is 15.4. The molecule has 1 aliphatic heterocycles. The highest BCUT2D eigenvalue weighted by Gasteiger charge is 2.22. The molecule has 1 fully saturated rings. The lowest BCUT2D eigenvalue weighted by molar-refractivity contribution is -0.384. The van der Waals surface area contributed by atoms with Gasteiger partial charge in [-0.2, -0.15) is 0 Å². The number of rotatable bonds is 5. The molecule has 0 radical (unpaired) electrons. The lowest BCUT2D eigenvalue weighted by Gasteiger charge is -2.32. The van der Waals surface area contributed by atoms with E-state index < -0.39 is 10.8 Å². The number of nitrogens with two attached hydrogens (primary N) is 1. The number of nitrogens with zero attached hydrogens (tertiary/aromatic N) is 2. The Balaban J connectivity index is 2.19. The number of primary amides is 1. The molecule has 1 aromatic carbocycles. The molecular weight excluding hydrogens is 272 g/mol. The number of nitro benzene ring substituents is 1. The first kappa shape index (κ1) is 15.2. The van der Waals surface area contributed by atoms with Gasteiger partial charge >= 0.3 is 0 Å². The molecular formula is C14H20N4O3. The topological polar surface area (TPSA) is 102 Å². The maximum Gasteiger partial charge on any atom is 0.293 e. The summed E-state index contributed by atoms with van der Waals surface area (Å²) in [5.74, 6) is -0.667. The summed E-state index contributed by atoms with van der Waals surface area (Å²) in [4.78, 5) is 24.1. The molecule has 1 aromatic rings. The molecule has 2 rings (SSSR count). The Labute approximate surface area is 123 Å². The molecule has 1 heterocycles. The maximum atomic E-state index is 11.2. The predicted octanol–water partition coefficient (Wildman–Crippen LogP) is 1.59. The standard InChI is InChI=1S/C14H20N4O3/c1-2-17-7-3-4-11(9-17)16-12-6-5-10(14(15)19)8-13(12)18(20)21/h5-6,8,11,16H,2-4,7,9H2,1H3,(H2,15,19). The summed E-state index contributed by atoms with van der Waals surface area (Å²) < 4.78 is 0. The Morgan fingerprint density at radius 1 is 1.57 bits per heavy atom. The molecule has 1 aliphatic rings. The van der Waals surface area contributed by atoms with E-state index in [0.717, 1.165) is 32.5 Å². The fraction of sp³-hybridized carbons (Fsp3) is 0.500. The van der Waals surface area contributed by atoms with Crippen LogP contribution in [0.5, 0.6) is 0 Å². The predicted molar refractivity (Wildman–Crippen MR) is 80.4 cm³/mol. The Bertz CT molecular complexity index is 547. The number of nitro groups is 1. The average Bonchev–Trinajstić information content (AvgIpc) is 2.47. The van der Waals surface area contributed by atoms with Crippen molar-refractivity contribution in [2.75, 3.05) is 25.0 Å². The van der Waals surface area contributed by atoms with Gasteiger partial charge in [0.25, 0.3) is 5.69 Å². The van der Waals surface area contributed by atoms with Crippen LogP contribution >= 0.6 is 0 Å². The van der Waals surface area contributed by atoms with E-state index in [1.165, 1.54) is 12.1 Å². The molecule has 3 N–H and O–H groups in total. The van der Waals surface area contributed by atoms with E-state index in [-0.39, 0.29) is 17.3 Å². The minimum Gasteiger partial charge on any atom is -0.375 e. The van der Waals surface area contributed by atoms with Gasteiger partial charge in [0.1, 0.15) is 5.69 Å².